The smallest absolute Gasteiger partial charge is 0.162 e. The molecule has 4 N–H and O–H groups in total. The van der Waals surface area contributed by atoms with Gasteiger partial charge in [0.05, 0.1) is 18.2 Å². The highest BCUT2D eigenvalue weighted by molar-refractivity contribution is 6.05. The molecule has 0 amide bonds. The van der Waals surface area contributed by atoms with Crippen molar-refractivity contribution in [1.29, 1.82) is 0 Å². The minimum atomic E-state index is -0.0932. The van der Waals surface area contributed by atoms with Crippen molar-refractivity contribution in [3.63, 3.8) is 0 Å². The van der Waals surface area contributed by atoms with Crippen molar-refractivity contribution in [3.05, 3.63) is 65.2 Å². The maximum absolute atomic E-state index is 13.9. The number of nitrogens with one attached hydrogen (secondary N) is 2. The number of allylic oxidation sites excluding steroid dienone is 5. The van der Waals surface area contributed by atoms with E-state index in [0.717, 1.165) is 53.0 Å². The Morgan fingerprint density at radius 3 is 2.56 bits per heavy atom. The zero-order chi connectivity index (χ0) is 33.0. The molecule has 0 radical (unpaired) electrons. The second-order valence-corrected chi connectivity index (χ2v) is 11.2. The monoisotopic (exact) mass is 613 g/mol. The van der Waals surface area contributed by atoms with Crippen molar-refractivity contribution in [2.75, 3.05) is 18.4 Å². The maximum Gasteiger partial charge on any atom is 0.162 e. The second-order valence-electron chi connectivity index (χ2n) is 11.2. The first-order chi connectivity index (χ1) is 22.0. The van der Waals surface area contributed by atoms with Crippen molar-refractivity contribution < 1.29 is 4.39 Å². The first kappa shape index (κ1) is 35.6. The number of hydrogen-bond donors (Lipinski definition) is 3. The molecule has 0 bridgehead atoms. The standard InChI is InChI=1S/C33H40FN7.2C2H6/c1-5-8-9-10-22(18-34)27-17-24-23(13-16-37-30(24)39-27)31-38-26-14-15-36-19-25(21-11-12-21)29(26)32(41-31)40-28(6-2)33(4,7-3)20-35;2*1-2/h5,8-10,13-14,16-19,21,28H,6-7,11-12,15,20,35H2,1-4H3,(H,37,39)(H,38,40,41);2*1-2H3/b8-5-,10-9-,22-18-;;. The summed E-state index contributed by atoms with van der Waals surface area (Å²) in [7, 11) is 0. The van der Waals surface area contributed by atoms with E-state index in [0.29, 0.717) is 48.1 Å². The Bertz CT molecular complexity index is 1650. The molecule has 1 aliphatic heterocycles. The van der Waals surface area contributed by atoms with Crippen LogP contribution in [0.15, 0.2) is 54.0 Å². The fourth-order valence-electron chi connectivity index (χ4n) is 5.49. The fraction of sp³-hybridized carbons (Fsp3) is 0.459. The second kappa shape index (κ2) is 17.0. The number of halogens is 1. The summed E-state index contributed by atoms with van der Waals surface area (Å²) < 4.78 is 13.9. The average Bonchev–Trinajstić information content (AvgIpc) is 3.87. The van der Waals surface area contributed by atoms with Gasteiger partial charge in [0, 0.05) is 45.9 Å². The summed E-state index contributed by atoms with van der Waals surface area (Å²) in [5.74, 6) is 1.89. The lowest BCUT2D eigenvalue weighted by molar-refractivity contribution is 0.263. The Hall–Kier alpha value is -3.91. The van der Waals surface area contributed by atoms with Crippen LogP contribution in [0.25, 0.3) is 39.6 Å². The van der Waals surface area contributed by atoms with E-state index in [-0.39, 0.29) is 11.5 Å². The van der Waals surface area contributed by atoms with Crippen molar-refractivity contribution in [3.8, 4) is 11.4 Å². The van der Waals surface area contributed by atoms with Crippen LogP contribution >= 0.6 is 0 Å². The zero-order valence-electron chi connectivity index (χ0n) is 28.4. The van der Waals surface area contributed by atoms with Crippen LogP contribution < -0.4 is 21.6 Å². The van der Waals surface area contributed by atoms with Gasteiger partial charge in [-0.1, -0.05) is 72.8 Å². The highest BCUT2D eigenvalue weighted by Crippen LogP contribution is 2.37. The van der Waals surface area contributed by atoms with Crippen LogP contribution in [-0.2, 0) is 0 Å². The van der Waals surface area contributed by atoms with Gasteiger partial charge in [-0.25, -0.2) is 19.3 Å². The Balaban J connectivity index is 0.00000133. The molecule has 8 heteroatoms. The van der Waals surface area contributed by atoms with Gasteiger partial charge in [-0.3, -0.25) is 4.99 Å². The lowest BCUT2D eigenvalue weighted by Gasteiger charge is -2.36. The van der Waals surface area contributed by atoms with Crippen molar-refractivity contribution in [1.82, 2.24) is 19.9 Å². The molecule has 7 nitrogen and oxygen atoms in total. The third-order valence-corrected chi connectivity index (χ3v) is 8.48. The van der Waals surface area contributed by atoms with E-state index in [2.05, 4.69) is 47.1 Å². The van der Waals surface area contributed by atoms with Crippen LogP contribution in [-0.4, -0.2) is 45.3 Å². The largest absolute Gasteiger partial charge is 0.366 e. The van der Waals surface area contributed by atoms with Gasteiger partial charge in [-0.05, 0) is 74.3 Å². The number of nitrogens with two attached hydrogens (primary N) is 1. The SMILES string of the molecule is CC.CC.C\C=C/C=C\C(=C\F)c1cc2c(-c3nc(NC(CC)C(C)(CC)CN)c4c(n3)=CCN=CC=4C3CC3)ccnc2[nH]1. The minimum Gasteiger partial charge on any atom is -0.366 e. The molecule has 1 fully saturated rings. The molecule has 1 aliphatic carbocycles. The molecule has 3 aromatic heterocycles. The number of rotatable bonds is 11. The molecule has 1 saturated carbocycles. The predicted octanol–water partition coefficient (Wildman–Crippen LogP) is 7.51. The molecular formula is C37H52FN7. The molecule has 2 aliphatic rings. The van der Waals surface area contributed by atoms with Gasteiger partial charge in [0.1, 0.15) is 11.5 Å². The first-order valence-electron chi connectivity index (χ1n) is 16.6. The summed E-state index contributed by atoms with van der Waals surface area (Å²) in [5, 5.41) is 6.59. The van der Waals surface area contributed by atoms with E-state index in [1.807, 2.05) is 65.1 Å². The van der Waals surface area contributed by atoms with Crippen molar-refractivity contribution >= 4 is 40.3 Å². The molecule has 2 unspecified atom stereocenters. The van der Waals surface area contributed by atoms with Gasteiger partial charge in [0.15, 0.2) is 5.82 Å². The van der Waals surface area contributed by atoms with E-state index in [4.69, 9.17) is 15.7 Å². The van der Waals surface area contributed by atoms with E-state index in [1.54, 1.807) is 18.3 Å². The fourth-order valence-corrected chi connectivity index (χ4v) is 5.49. The maximum atomic E-state index is 13.9. The summed E-state index contributed by atoms with van der Waals surface area (Å²) in [6, 6.07) is 3.96. The minimum absolute atomic E-state index is 0.0932. The van der Waals surface area contributed by atoms with Gasteiger partial charge < -0.3 is 16.0 Å². The van der Waals surface area contributed by atoms with E-state index in [1.165, 1.54) is 5.57 Å². The predicted molar refractivity (Wildman–Crippen MR) is 191 cm³/mol. The molecule has 4 heterocycles. The Morgan fingerprint density at radius 1 is 1.18 bits per heavy atom. The van der Waals surface area contributed by atoms with Crippen LogP contribution in [0.5, 0.6) is 0 Å². The summed E-state index contributed by atoms with van der Waals surface area (Å²) in [5.41, 5.74) is 9.95. The van der Waals surface area contributed by atoms with E-state index >= 15 is 0 Å². The zero-order valence-corrected chi connectivity index (χ0v) is 28.4. The van der Waals surface area contributed by atoms with Crippen LogP contribution in [0, 0.1) is 11.3 Å². The molecule has 0 spiro atoms. The van der Waals surface area contributed by atoms with Gasteiger partial charge in [-0.15, -0.1) is 0 Å². The molecular weight excluding hydrogens is 561 g/mol. The number of fused-ring (bicyclic) bond motifs is 2. The molecule has 2 atom stereocenters. The summed E-state index contributed by atoms with van der Waals surface area (Å²) in [6.07, 6.45) is 17.9. The lowest BCUT2D eigenvalue weighted by Crippen LogP contribution is -2.46. The van der Waals surface area contributed by atoms with Gasteiger partial charge >= 0.3 is 0 Å². The van der Waals surface area contributed by atoms with Crippen LogP contribution in [0.1, 0.15) is 86.8 Å². The quantitative estimate of drug-likeness (QED) is 0.194. The summed E-state index contributed by atoms with van der Waals surface area (Å²) in [6.45, 7) is 17.7. The number of pyridine rings is 1. The number of aliphatic imine (C=N–C) groups is 1. The third kappa shape index (κ3) is 8.03. The third-order valence-electron chi connectivity index (χ3n) is 8.48. The molecule has 5 rings (SSSR count). The number of hydrogen-bond acceptors (Lipinski definition) is 6. The first-order valence-corrected chi connectivity index (χ1v) is 16.6. The molecule has 0 aromatic carbocycles. The topological polar surface area (TPSA) is 105 Å². The van der Waals surface area contributed by atoms with Gasteiger partial charge in [-0.2, -0.15) is 0 Å². The van der Waals surface area contributed by atoms with Gasteiger partial charge in [0.25, 0.3) is 0 Å². The van der Waals surface area contributed by atoms with Crippen LogP contribution in [0.4, 0.5) is 10.2 Å². The Labute approximate surface area is 268 Å². The number of anilines is 1. The van der Waals surface area contributed by atoms with Crippen LogP contribution in [0.3, 0.4) is 0 Å². The normalized spacial score (nSPS) is 16.7. The molecule has 0 saturated heterocycles. The molecule has 45 heavy (non-hydrogen) atoms. The van der Waals surface area contributed by atoms with Crippen molar-refractivity contribution in [2.24, 2.45) is 22.1 Å². The Kier molecular flexibility index (Phi) is 13.4. The highest BCUT2D eigenvalue weighted by atomic mass is 19.1. The van der Waals surface area contributed by atoms with Gasteiger partial charge in [0.2, 0.25) is 0 Å². The van der Waals surface area contributed by atoms with Crippen molar-refractivity contribution in [2.45, 2.75) is 87.1 Å². The van der Waals surface area contributed by atoms with E-state index < -0.39 is 0 Å². The van der Waals surface area contributed by atoms with E-state index in [9.17, 15) is 4.39 Å². The summed E-state index contributed by atoms with van der Waals surface area (Å²) in [4.78, 5) is 22.7. The number of aromatic nitrogens is 4. The Morgan fingerprint density at radius 2 is 1.93 bits per heavy atom. The number of nitrogens with zero attached hydrogens (tertiary/aromatic N) is 4. The van der Waals surface area contributed by atoms with Crippen LogP contribution in [0.2, 0.25) is 0 Å². The molecule has 3 aromatic rings. The highest BCUT2D eigenvalue weighted by Gasteiger charge is 2.32. The average molecular weight is 614 g/mol. The number of aromatic amines is 1. The number of H-pyrrole nitrogens is 1. The molecule has 242 valence electrons. The summed E-state index contributed by atoms with van der Waals surface area (Å²) >= 11 is 0. The lowest BCUT2D eigenvalue weighted by atomic mass is 9.78.